The van der Waals surface area contributed by atoms with Crippen molar-refractivity contribution in [1.29, 1.82) is 0 Å². The molecule has 0 unspecified atom stereocenters. The second-order valence-electron chi connectivity index (χ2n) is 3.19. The Morgan fingerprint density at radius 1 is 1.12 bits per heavy atom. The van der Waals surface area contributed by atoms with Gasteiger partial charge >= 0.3 is 11.9 Å². The number of amides is 1. The Kier molecular flexibility index (Phi) is 7.70. The van der Waals surface area contributed by atoms with Crippen LogP contribution < -0.4 is 5.32 Å². The van der Waals surface area contributed by atoms with Crippen LogP contribution in [0.4, 0.5) is 0 Å². The van der Waals surface area contributed by atoms with Gasteiger partial charge in [-0.2, -0.15) is 0 Å². The van der Waals surface area contributed by atoms with Crippen molar-refractivity contribution in [2.75, 3.05) is 27.9 Å². The van der Waals surface area contributed by atoms with Crippen molar-refractivity contribution in [3.05, 3.63) is 0 Å². The first-order valence-electron chi connectivity index (χ1n) is 4.98. The second kappa shape index (κ2) is 8.51. The molecular weight excluding hydrogens is 230 g/mol. The monoisotopic (exact) mass is 247 g/mol. The lowest BCUT2D eigenvalue weighted by molar-refractivity contribution is -0.146. The summed E-state index contributed by atoms with van der Waals surface area (Å²) in [6, 6.07) is -0.873. The van der Waals surface area contributed by atoms with Gasteiger partial charge in [0, 0.05) is 13.5 Å². The predicted molar refractivity (Wildman–Crippen MR) is 57.1 cm³/mol. The number of carbonyl (C=O) groups is 3. The molecule has 0 aliphatic heterocycles. The maximum atomic E-state index is 11.3. The van der Waals surface area contributed by atoms with Crippen LogP contribution in [0.2, 0.25) is 0 Å². The molecule has 1 atom stereocenters. The molecule has 0 aromatic carbocycles. The summed E-state index contributed by atoms with van der Waals surface area (Å²) in [6.45, 7) is -0.161. The number of carbonyl (C=O) groups excluding carboxylic acids is 3. The Morgan fingerprint density at radius 2 is 1.76 bits per heavy atom. The van der Waals surface area contributed by atoms with Gasteiger partial charge in [0.25, 0.3) is 0 Å². The van der Waals surface area contributed by atoms with Gasteiger partial charge in [-0.15, -0.1) is 0 Å². The zero-order chi connectivity index (χ0) is 13.3. The molecule has 0 rings (SSSR count). The molecule has 0 aromatic rings. The van der Waals surface area contributed by atoms with E-state index in [-0.39, 0.29) is 19.4 Å². The van der Waals surface area contributed by atoms with Crippen molar-refractivity contribution < 1.29 is 28.6 Å². The smallest absolute Gasteiger partial charge is 0.328 e. The molecule has 0 saturated heterocycles. The fourth-order valence-corrected chi connectivity index (χ4v) is 1.12. The Balaban J connectivity index is 4.28. The molecular formula is C10H17NO6. The van der Waals surface area contributed by atoms with E-state index in [9.17, 15) is 14.4 Å². The SMILES string of the molecule is COCC(=O)N[C@H](CCC(=O)OC)C(=O)OC. The molecule has 0 radical (unpaired) electrons. The number of rotatable bonds is 7. The largest absolute Gasteiger partial charge is 0.469 e. The number of ether oxygens (including phenoxy) is 3. The minimum atomic E-state index is -0.873. The Morgan fingerprint density at radius 3 is 2.24 bits per heavy atom. The normalized spacial score (nSPS) is 11.5. The maximum Gasteiger partial charge on any atom is 0.328 e. The van der Waals surface area contributed by atoms with Gasteiger partial charge in [-0.05, 0) is 6.42 Å². The van der Waals surface area contributed by atoms with Crippen LogP contribution in [0, 0.1) is 0 Å². The van der Waals surface area contributed by atoms with Gasteiger partial charge in [0.2, 0.25) is 5.91 Å². The third kappa shape index (κ3) is 6.52. The van der Waals surface area contributed by atoms with E-state index in [0.29, 0.717) is 0 Å². The van der Waals surface area contributed by atoms with E-state index in [1.807, 2.05) is 0 Å². The van der Waals surface area contributed by atoms with Crippen molar-refractivity contribution in [3.63, 3.8) is 0 Å². The lowest BCUT2D eigenvalue weighted by atomic mass is 10.1. The van der Waals surface area contributed by atoms with Crippen molar-refractivity contribution in [2.24, 2.45) is 0 Å². The Bertz CT molecular complexity index is 278. The average molecular weight is 247 g/mol. The van der Waals surface area contributed by atoms with E-state index >= 15 is 0 Å². The minimum absolute atomic E-state index is 0.0174. The summed E-state index contributed by atoms with van der Waals surface area (Å²) >= 11 is 0. The molecule has 0 saturated carbocycles. The first-order chi connectivity index (χ1) is 8.04. The topological polar surface area (TPSA) is 90.9 Å². The van der Waals surface area contributed by atoms with Crippen molar-refractivity contribution in [3.8, 4) is 0 Å². The molecule has 0 bridgehead atoms. The lowest BCUT2D eigenvalue weighted by Crippen LogP contribution is -2.43. The van der Waals surface area contributed by atoms with Gasteiger partial charge in [-0.25, -0.2) is 4.79 Å². The highest BCUT2D eigenvalue weighted by atomic mass is 16.5. The summed E-state index contributed by atoms with van der Waals surface area (Å²) in [5.74, 6) is -1.52. The van der Waals surface area contributed by atoms with E-state index in [1.165, 1.54) is 21.3 Å². The van der Waals surface area contributed by atoms with Gasteiger partial charge in [0.15, 0.2) is 0 Å². The molecule has 0 aliphatic rings. The van der Waals surface area contributed by atoms with Gasteiger partial charge in [0.05, 0.1) is 14.2 Å². The maximum absolute atomic E-state index is 11.3. The molecule has 7 heteroatoms. The van der Waals surface area contributed by atoms with Crippen LogP contribution in [-0.4, -0.2) is 51.8 Å². The molecule has 0 fully saturated rings. The van der Waals surface area contributed by atoms with Crippen LogP contribution in [0.15, 0.2) is 0 Å². The molecule has 0 heterocycles. The fourth-order valence-electron chi connectivity index (χ4n) is 1.12. The van der Waals surface area contributed by atoms with E-state index in [1.54, 1.807) is 0 Å². The average Bonchev–Trinajstić information content (AvgIpc) is 2.33. The molecule has 98 valence electrons. The number of nitrogens with one attached hydrogen (secondary N) is 1. The van der Waals surface area contributed by atoms with E-state index < -0.39 is 23.9 Å². The molecule has 17 heavy (non-hydrogen) atoms. The van der Waals surface area contributed by atoms with Gasteiger partial charge < -0.3 is 19.5 Å². The van der Waals surface area contributed by atoms with Gasteiger partial charge in [-0.1, -0.05) is 0 Å². The summed E-state index contributed by atoms with van der Waals surface area (Å²) in [7, 11) is 3.82. The first-order valence-corrected chi connectivity index (χ1v) is 4.98. The molecule has 7 nitrogen and oxygen atoms in total. The van der Waals surface area contributed by atoms with E-state index in [2.05, 4.69) is 19.5 Å². The van der Waals surface area contributed by atoms with Crippen LogP contribution in [0.5, 0.6) is 0 Å². The van der Waals surface area contributed by atoms with Crippen molar-refractivity contribution in [2.45, 2.75) is 18.9 Å². The lowest BCUT2D eigenvalue weighted by Gasteiger charge is -2.15. The highest BCUT2D eigenvalue weighted by Crippen LogP contribution is 2.01. The summed E-state index contributed by atoms with van der Waals surface area (Å²) in [4.78, 5) is 33.5. The quantitative estimate of drug-likeness (QED) is 0.595. The summed E-state index contributed by atoms with van der Waals surface area (Å²) in [5, 5.41) is 2.40. The van der Waals surface area contributed by atoms with E-state index in [0.717, 1.165) is 0 Å². The first kappa shape index (κ1) is 15.4. The summed E-state index contributed by atoms with van der Waals surface area (Å²) in [5.41, 5.74) is 0. The number of hydrogen-bond acceptors (Lipinski definition) is 6. The number of methoxy groups -OCH3 is 3. The molecule has 1 amide bonds. The predicted octanol–water partition coefficient (Wildman–Crippen LogP) is -0.756. The van der Waals surface area contributed by atoms with Gasteiger partial charge in [0.1, 0.15) is 12.6 Å². The zero-order valence-electron chi connectivity index (χ0n) is 10.1. The molecule has 0 spiro atoms. The summed E-state index contributed by atoms with van der Waals surface area (Å²) < 4.78 is 13.6. The van der Waals surface area contributed by atoms with Gasteiger partial charge in [-0.3, -0.25) is 9.59 Å². The van der Waals surface area contributed by atoms with E-state index in [4.69, 9.17) is 0 Å². The zero-order valence-corrected chi connectivity index (χ0v) is 10.1. The molecule has 0 aromatic heterocycles. The van der Waals surface area contributed by atoms with Crippen LogP contribution >= 0.6 is 0 Å². The fraction of sp³-hybridized carbons (Fsp3) is 0.700. The highest BCUT2D eigenvalue weighted by Gasteiger charge is 2.22. The molecule has 0 aliphatic carbocycles. The third-order valence-electron chi connectivity index (χ3n) is 1.96. The van der Waals surface area contributed by atoms with Crippen LogP contribution in [0.25, 0.3) is 0 Å². The standard InChI is InChI=1S/C10H17NO6/c1-15-6-8(12)11-7(10(14)17-3)4-5-9(13)16-2/h7H,4-6H2,1-3H3,(H,11,12)/t7-/m1/s1. The van der Waals surface area contributed by atoms with Crippen LogP contribution in [0.3, 0.4) is 0 Å². The third-order valence-corrected chi connectivity index (χ3v) is 1.96. The number of esters is 2. The van der Waals surface area contributed by atoms with Crippen LogP contribution in [-0.2, 0) is 28.6 Å². The second-order valence-corrected chi connectivity index (χ2v) is 3.19. The van der Waals surface area contributed by atoms with Crippen LogP contribution in [0.1, 0.15) is 12.8 Å². The highest BCUT2D eigenvalue weighted by molar-refractivity contribution is 5.85. The summed E-state index contributed by atoms with van der Waals surface area (Å²) in [6.07, 6.45) is 0.137. The van der Waals surface area contributed by atoms with Crippen molar-refractivity contribution in [1.82, 2.24) is 5.32 Å². The Hall–Kier alpha value is -1.63. The molecule has 1 N–H and O–H groups in total. The Labute approximate surface area is 99.4 Å². The minimum Gasteiger partial charge on any atom is -0.469 e. The number of hydrogen-bond donors (Lipinski definition) is 1. The van der Waals surface area contributed by atoms with Crippen molar-refractivity contribution >= 4 is 17.8 Å².